The van der Waals surface area contributed by atoms with Crippen LogP contribution >= 0.6 is 23.2 Å². The minimum atomic E-state index is -1.48. The molecule has 2 amide bonds. The molecule has 14 nitrogen and oxygen atoms in total. The molecule has 4 atom stereocenters. The molecule has 2 aromatic heterocycles. The van der Waals surface area contributed by atoms with E-state index >= 15 is 0 Å². The van der Waals surface area contributed by atoms with Crippen LogP contribution < -0.4 is 0 Å². The van der Waals surface area contributed by atoms with Gasteiger partial charge in [-0.15, -0.1) is 0 Å². The van der Waals surface area contributed by atoms with E-state index in [0.717, 1.165) is 0 Å². The third-order valence-electron chi connectivity index (χ3n) is 7.20. The number of amides is 2. The number of rotatable bonds is 12. The van der Waals surface area contributed by atoms with E-state index in [1.807, 2.05) is 0 Å². The number of halogens is 2. The fourth-order valence-corrected chi connectivity index (χ4v) is 5.01. The summed E-state index contributed by atoms with van der Waals surface area (Å²) in [5.41, 5.74) is 1.29. The van der Waals surface area contributed by atoms with Crippen LogP contribution in [0.25, 0.3) is 12.2 Å². The molecule has 2 aromatic rings. The minimum absolute atomic E-state index is 0.0133. The number of hydrazine groups is 1. The Morgan fingerprint density at radius 1 is 0.786 bits per heavy atom. The summed E-state index contributed by atoms with van der Waals surface area (Å²) in [7, 11) is 5.88. The molecule has 0 radical (unpaired) electrons. The van der Waals surface area contributed by atoms with Gasteiger partial charge in [0.25, 0.3) is 11.8 Å². The Balaban J connectivity index is 1.64. The quantitative estimate of drug-likeness (QED) is 0.345. The average Bonchev–Trinajstić information content (AvgIpc) is 3.50. The monoisotopic (exact) mass is 628 g/mol. The molecule has 0 N–H and O–H groups in total. The molecule has 4 heterocycles. The second-order valence-corrected chi connectivity index (χ2v) is 10.3. The highest BCUT2D eigenvalue weighted by atomic mass is 35.5. The van der Waals surface area contributed by atoms with Gasteiger partial charge in [-0.05, 0) is 49.2 Å². The van der Waals surface area contributed by atoms with Crippen molar-refractivity contribution in [1.29, 1.82) is 0 Å². The Morgan fingerprint density at radius 2 is 1.17 bits per heavy atom. The molecule has 0 bridgehead atoms. The highest BCUT2D eigenvalue weighted by molar-refractivity contribution is 6.28. The lowest BCUT2D eigenvalue weighted by atomic mass is 10.0. The summed E-state index contributed by atoms with van der Waals surface area (Å²) >= 11 is 12.3. The van der Waals surface area contributed by atoms with E-state index in [4.69, 9.17) is 51.6 Å². The zero-order chi connectivity index (χ0) is 30.7. The molecule has 2 aliphatic heterocycles. The normalized spacial score (nSPS) is 26.7. The SMILES string of the molecule is COCn1c(/C=C/CN2C(=O)[C@@H]3O[C@@](C)(OC)[C@](C)(OC)O[C@H]3C(=O)N2C/C=C/c2cnc(Cl)n2COC)cnc1Cl. The zero-order valence-corrected chi connectivity index (χ0v) is 25.7. The maximum absolute atomic E-state index is 13.9. The molecule has 42 heavy (non-hydrogen) atoms. The molecule has 230 valence electrons. The van der Waals surface area contributed by atoms with E-state index in [1.54, 1.807) is 59.7 Å². The van der Waals surface area contributed by atoms with Crippen LogP contribution in [0.1, 0.15) is 25.2 Å². The van der Waals surface area contributed by atoms with Gasteiger partial charge in [0.05, 0.1) is 36.9 Å². The van der Waals surface area contributed by atoms with Crippen molar-refractivity contribution in [3.63, 3.8) is 0 Å². The third kappa shape index (κ3) is 5.98. The third-order valence-corrected chi connectivity index (χ3v) is 7.80. The molecule has 0 unspecified atom stereocenters. The number of carbonyl (C=O) groups excluding carboxylic acids is 2. The van der Waals surface area contributed by atoms with Crippen LogP contribution in [0.2, 0.25) is 10.6 Å². The van der Waals surface area contributed by atoms with E-state index in [-0.39, 0.29) is 37.1 Å². The molecular formula is C26H34Cl2N6O8. The smallest absolute Gasteiger partial charge is 0.274 e. The van der Waals surface area contributed by atoms with Crippen LogP contribution in [0.4, 0.5) is 0 Å². The first-order chi connectivity index (χ1) is 20.0. The lowest BCUT2D eigenvalue weighted by molar-refractivity contribution is -0.441. The maximum atomic E-state index is 13.9. The molecule has 2 fully saturated rings. The molecule has 2 aliphatic rings. The first kappa shape index (κ1) is 32.1. The molecular weight excluding hydrogens is 595 g/mol. The number of fused-ring (bicyclic) bond motifs is 1. The summed E-state index contributed by atoms with van der Waals surface area (Å²) < 4.78 is 36.9. The van der Waals surface area contributed by atoms with Gasteiger partial charge in [-0.25, -0.2) is 20.0 Å². The van der Waals surface area contributed by atoms with Gasteiger partial charge < -0.3 is 28.4 Å². The number of ether oxygens (including phenoxy) is 6. The van der Waals surface area contributed by atoms with E-state index in [9.17, 15) is 9.59 Å². The lowest BCUT2D eigenvalue weighted by Gasteiger charge is -2.54. The van der Waals surface area contributed by atoms with Gasteiger partial charge in [-0.2, -0.15) is 0 Å². The molecule has 4 rings (SSSR count). The van der Waals surface area contributed by atoms with Crippen molar-refractivity contribution in [2.45, 2.75) is 51.1 Å². The van der Waals surface area contributed by atoms with Gasteiger partial charge in [0.2, 0.25) is 22.1 Å². The number of aromatic nitrogens is 4. The highest BCUT2D eigenvalue weighted by Gasteiger charge is 2.63. The number of carbonyl (C=O) groups is 2. The Bertz CT molecular complexity index is 1250. The van der Waals surface area contributed by atoms with Crippen LogP contribution in [-0.4, -0.2) is 106 Å². The van der Waals surface area contributed by atoms with Crippen molar-refractivity contribution in [1.82, 2.24) is 29.1 Å². The average molecular weight is 629 g/mol. The van der Waals surface area contributed by atoms with Crippen LogP contribution in [0.3, 0.4) is 0 Å². The topological polar surface area (TPSA) is 132 Å². The van der Waals surface area contributed by atoms with Gasteiger partial charge in [0, 0.05) is 28.4 Å². The number of methoxy groups -OCH3 is 4. The Labute approximate surface area is 253 Å². The van der Waals surface area contributed by atoms with Crippen LogP contribution in [0.5, 0.6) is 0 Å². The maximum Gasteiger partial charge on any atom is 0.274 e. The zero-order valence-electron chi connectivity index (χ0n) is 24.2. The van der Waals surface area contributed by atoms with Gasteiger partial charge in [0.1, 0.15) is 13.5 Å². The summed E-state index contributed by atoms with van der Waals surface area (Å²) in [6.07, 6.45) is 7.42. The van der Waals surface area contributed by atoms with Crippen molar-refractivity contribution in [3.8, 4) is 0 Å². The highest BCUT2D eigenvalue weighted by Crippen LogP contribution is 2.41. The second kappa shape index (κ2) is 13.2. The van der Waals surface area contributed by atoms with E-state index in [2.05, 4.69) is 9.97 Å². The van der Waals surface area contributed by atoms with Crippen molar-refractivity contribution < 1.29 is 38.0 Å². The van der Waals surface area contributed by atoms with Crippen molar-refractivity contribution in [2.24, 2.45) is 0 Å². The van der Waals surface area contributed by atoms with Crippen LogP contribution in [-0.2, 0) is 51.5 Å². The second-order valence-electron chi connectivity index (χ2n) is 9.62. The molecule has 0 spiro atoms. The Kier molecular flexibility index (Phi) is 10.1. The number of hydrogen-bond acceptors (Lipinski definition) is 10. The van der Waals surface area contributed by atoms with Crippen LogP contribution in [0.15, 0.2) is 24.5 Å². The van der Waals surface area contributed by atoms with Gasteiger partial charge in [-0.1, -0.05) is 12.2 Å². The summed E-state index contributed by atoms with van der Waals surface area (Å²) in [4.78, 5) is 35.9. The predicted octanol–water partition coefficient (Wildman–Crippen LogP) is 2.42. The van der Waals surface area contributed by atoms with Gasteiger partial charge >= 0.3 is 0 Å². The van der Waals surface area contributed by atoms with Gasteiger partial charge in [0.15, 0.2) is 12.2 Å². The molecule has 2 saturated heterocycles. The lowest BCUT2D eigenvalue weighted by Crippen LogP contribution is -2.74. The summed E-state index contributed by atoms with van der Waals surface area (Å²) in [5.74, 6) is -3.97. The Morgan fingerprint density at radius 3 is 1.50 bits per heavy atom. The molecule has 16 heteroatoms. The fourth-order valence-electron chi connectivity index (χ4n) is 4.61. The van der Waals surface area contributed by atoms with Crippen molar-refractivity contribution in [2.75, 3.05) is 41.5 Å². The standard InChI is InChI=1S/C26H34Cl2N6O8/c1-25(39-5)26(2,40-6)42-20-19(41-25)21(35)33(11-7-9-17-13-29-23(27)31(17)15-37-3)34(22(20)36)12-8-10-18-14-30-24(28)32(18)16-38-4/h7-10,13-14,19-20H,11-12,15-16H2,1-6H3/b9-7+,10-8+/t19-,20-,25-,26-/m1/s1. The van der Waals surface area contributed by atoms with Gasteiger partial charge in [-0.3, -0.25) is 18.7 Å². The first-order valence-electron chi connectivity index (χ1n) is 12.9. The minimum Gasteiger partial charge on any atom is -0.364 e. The van der Waals surface area contributed by atoms with Crippen molar-refractivity contribution >= 4 is 47.2 Å². The Hall–Kier alpha value is -2.82. The summed E-state index contributed by atoms with van der Waals surface area (Å²) in [6.45, 7) is 3.56. The number of imidazole rings is 2. The number of hydrogen-bond donors (Lipinski definition) is 0. The number of nitrogens with zero attached hydrogens (tertiary/aromatic N) is 6. The first-order valence-corrected chi connectivity index (χ1v) is 13.6. The van der Waals surface area contributed by atoms with Crippen LogP contribution in [0, 0.1) is 0 Å². The largest absolute Gasteiger partial charge is 0.364 e. The molecule has 0 saturated carbocycles. The van der Waals surface area contributed by atoms with E-state index in [1.165, 1.54) is 38.5 Å². The van der Waals surface area contributed by atoms with E-state index in [0.29, 0.717) is 11.4 Å². The molecule has 0 aromatic carbocycles. The summed E-state index contributed by atoms with van der Waals surface area (Å²) in [5, 5.41) is 3.07. The molecule has 0 aliphatic carbocycles. The van der Waals surface area contributed by atoms with E-state index < -0.39 is 35.6 Å². The summed E-state index contributed by atoms with van der Waals surface area (Å²) in [6, 6.07) is 0. The predicted molar refractivity (Wildman–Crippen MR) is 151 cm³/mol. The fraction of sp³-hybridized carbons (Fsp3) is 0.538. The van der Waals surface area contributed by atoms with Crippen molar-refractivity contribution in [3.05, 3.63) is 46.5 Å².